The average Bonchev–Trinajstić information content (AvgIpc) is 2.62. The molecule has 0 heterocycles. The molecule has 6 heteroatoms. The molecule has 0 fully saturated rings. The third-order valence-corrected chi connectivity index (χ3v) is 5.76. The highest BCUT2D eigenvalue weighted by Crippen LogP contribution is 2.24. The van der Waals surface area contributed by atoms with Gasteiger partial charge < -0.3 is 5.32 Å². The van der Waals surface area contributed by atoms with Crippen LogP contribution in [0.15, 0.2) is 77.7 Å². The molecular weight excluding hydrogens is 368 g/mol. The van der Waals surface area contributed by atoms with E-state index in [0.717, 1.165) is 5.69 Å². The van der Waals surface area contributed by atoms with Gasteiger partial charge in [-0.1, -0.05) is 53.6 Å². The Balaban J connectivity index is 1.66. The Bertz CT molecular complexity index is 985. The molecule has 3 rings (SSSR count). The Morgan fingerprint density at radius 1 is 0.846 bits per heavy atom. The van der Waals surface area contributed by atoms with Crippen LogP contribution in [-0.4, -0.2) is 8.42 Å². The predicted molar refractivity (Wildman–Crippen MR) is 107 cm³/mol. The highest BCUT2D eigenvalue weighted by molar-refractivity contribution is 7.92. The topological polar surface area (TPSA) is 58.2 Å². The van der Waals surface area contributed by atoms with Crippen molar-refractivity contribution in [2.75, 3.05) is 10.0 Å². The summed E-state index contributed by atoms with van der Waals surface area (Å²) in [5.74, 6) is 0. The lowest BCUT2D eigenvalue weighted by molar-refractivity contribution is 0.601. The first kappa shape index (κ1) is 18.3. The van der Waals surface area contributed by atoms with Crippen LogP contribution in [-0.2, 0) is 16.6 Å². The third-order valence-electron chi connectivity index (χ3n) is 3.88. The highest BCUT2D eigenvalue weighted by Gasteiger charge is 2.17. The Morgan fingerprint density at radius 3 is 2.12 bits per heavy atom. The second-order valence-electron chi connectivity index (χ2n) is 5.95. The Labute approximate surface area is 158 Å². The van der Waals surface area contributed by atoms with Gasteiger partial charge in [0.05, 0.1) is 5.02 Å². The summed E-state index contributed by atoms with van der Waals surface area (Å²) in [5.41, 5.74) is 3.79. The van der Waals surface area contributed by atoms with Gasteiger partial charge in [-0.05, 0) is 48.9 Å². The van der Waals surface area contributed by atoms with Crippen molar-refractivity contribution in [1.82, 2.24) is 0 Å². The summed E-state index contributed by atoms with van der Waals surface area (Å²) in [6.45, 7) is 2.75. The van der Waals surface area contributed by atoms with Crippen LogP contribution in [0.25, 0.3) is 0 Å². The summed E-state index contributed by atoms with van der Waals surface area (Å²) < 4.78 is 27.4. The first-order valence-corrected chi connectivity index (χ1v) is 9.97. The number of aryl methyl sites for hydroxylation is 1. The number of nitrogens with one attached hydrogen (secondary N) is 2. The number of halogens is 1. The smallest absolute Gasteiger partial charge is 0.263 e. The molecule has 0 aliphatic rings. The van der Waals surface area contributed by atoms with Crippen LogP contribution in [0.2, 0.25) is 5.02 Å². The molecular formula is C20H19ClN2O2S. The Morgan fingerprint density at radius 2 is 1.46 bits per heavy atom. The molecule has 0 saturated carbocycles. The van der Waals surface area contributed by atoms with Crippen molar-refractivity contribution in [3.8, 4) is 0 Å². The Hall–Kier alpha value is -2.50. The molecule has 0 aromatic heterocycles. The number of benzene rings is 3. The van der Waals surface area contributed by atoms with Crippen LogP contribution in [0.5, 0.6) is 0 Å². The molecule has 2 N–H and O–H groups in total. The minimum absolute atomic E-state index is 0.0586. The largest absolute Gasteiger partial charge is 0.381 e. The monoisotopic (exact) mass is 386 g/mol. The van der Waals surface area contributed by atoms with E-state index < -0.39 is 10.0 Å². The zero-order valence-electron chi connectivity index (χ0n) is 14.2. The van der Waals surface area contributed by atoms with Gasteiger partial charge in [0.25, 0.3) is 10.0 Å². The molecule has 3 aromatic rings. The summed E-state index contributed by atoms with van der Waals surface area (Å²) in [6.07, 6.45) is 0. The summed E-state index contributed by atoms with van der Waals surface area (Å²) in [4.78, 5) is 0.0586. The predicted octanol–water partition coefficient (Wildman–Crippen LogP) is 5.06. The van der Waals surface area contributed by atoms with Crippen LogP contribution < -0.4 is 10.0 Å². The van der Waals surface area contributed by atoms with Gasteiger partial charge in [-0.25, -0.2) is 8.42 Å². The molecule has 0 spiro atoms. The molecule has 0 radical (unpaired) electrons. The van der Waals surface area contributed by atoms with E-state index in [-0.39, 0.29) is 9.92 Å². The lowest BCUT2D eigenvalue weighted by Gasteiger charge is -2.11. The lowest BCUT2D eigenvalue weighted by atomic mass is 10.1. The molecule has 3 aromatic carbocycles. The Kier molecular flexibility index (Phi) is 5.49. The standard InChI is InChI=1S/C20H19ClN2O2S/c1-15-6-8-16(9-7-15)14-22-17-10-12-18(13-11-17)23-26(24,25)20-5-3-2-4-19(20)21/h2-13,22-23H,14H2,1H3. The zero-order chi connectivity index (χ0) is 18.6. The molecule has 0 aliphatic heterocycles. The molecule has 4 nitrogen and oxygen atoms in total. The fraction of sp³-hybridized carbons (Fsp3) is 0.100. The molecule has 0 aliphatic carbocycles. The van der Waals surface area contributed by atoms with E-state index in [4.69, 9.17) is 11.6 Å². The number of rotatable bonds is 6. The maximum absolute atomic E-state index is 12.4. The van der Waals surface area contributed by atoms with Gasteiger partial charge in [-0.15, -0.1) is 0 Å². The fourth-order valence-corrected chi connectivity index (χ4v) is 4.02. The van der Waals surface area contributed by atoms with Crippen molar-refractivity contribution >= 4 is 33.0 Å². The van der Waals surface area contributed by atoms with Gasteiger partial charge in [-0.3, -0.25) is 4.72 Å². The minimum atomic E-state index is -3.72. The van der Waals surface area contributed by atoms with Crippen LogP contribution in [0, 0.1) is 6.92 Å². The summed E-state index contributed by atoms with van der Waals surface area (Å²) in [7, 11) is -3.72. The lowest BCUT2D eigenvalue weighted by Crippen LogP contribution is -2.13. The van der Waals surface area contributed by atoms with Gasteiger partial charge in [0.1, 0.15) is 4.90 Å². The molecule has 0 amide bonds. The summed E-state index contributed by atoms with van der Waals surface area (Å²) in [5, 5.41) is 3.50. The molecule has 0 unspecified atom stereocenters. The minimum Gasteiger partial charge on any atom is -0.381 e. The molecule has 134 valence electrons. The zero-order valence-corrected chi connectivity index (χ0v) is 15.8. The molecule has 0 bridgehead atoms. The molecule has 0 saturated heterocycles. The number of sulfonamides is 1. The van der Waals surface area contributed by atoms with Crippen LogP contribution in [0.1, 0.15) is 11.1 Å². The van der Waals surface area contributed by atoms with Crippen LogP contribution in [0.3, 0.4) is 0 Å². The third kappa shape index (κ3) is 4.56. The second-order valence-corrected chi connectivity index (χ2v) is 8.01. The van der Waals surface area contributed by atoms with Gasteiger partial charge >= 0.3 is 0 Å². The number of anilines is 2. The van der Waals surface area contributed by atoms with Crippen molar-refractivity contribution in [3.05, 3.63) is 88.9 Å². The average molecular weight is 387 g/mol. The maximum atomic E-state index is 12.4. The summed E-state index contributed by atoms with van der Waals surface area (Å²) in [6, 6.07) is 21.7. The van der Waals surface area contributed by atoms with E-state index in [1.54, 1.807) is 30.3 Å². The van der Waals surface area contributed by atoms with Crippen molar-refractivity contribution in [1.29, 1.82) is 0 Å². The highest BCUT2D eigenvalue weighted by atomic mass is 35.5. The van der Waals surface area contributed by atoms with Gasteiger partial charge in [0.15, 0.2) is 0 Å². The number of hydrogen-bond donors (Lipinski definition) is 2. The first-order valence-electron chi connectivity index (χ1n) is 8.11. The van der Waals surface area contributed by atoms with Crippen molar-refractivity contribution in [2.24, 2.45) is 0 Å². The normalized spacial score (nSPS) is 11.2. The van der Waals surface area contributed by atoms with E-state index in [2.05, 4.69) is 41.2 Å². The van der Waals surface area contributed by atoms with Gasteiger partial charge in [0, 0.05) is 17.9 Å². The van der Waals surface area contributed by atoms with Gasteiger partial charge in [0.2, 0.25) is 0 Å². The van der Waals surface area contributed by atoms with Crippen molar-refractivity contribution < 1.29 is 8.42 Å². The van der Waals surface area contributed by atoms with E-state index in [9.17, 15) is 8.42 Å². The first-order chi connectivity index (χ1) is 12.4. The van der Waals surface area contributed by atoms with Gasteiger partial charge in [-0.2, -0.15) is 0 Å². The second kappa shape index (κ2) is 7.81. The molecule has 26 heavy (non-hydrogen) atoms. The fourth-order valence-electron chi connectivity index (χ4n) is 2.44. The van der Waals surface area contributed by atoms with Crippen molar-refractivity contribution in [2.45, 2.75) is 18.4 Å². The maximum Gasteiger partial charge on any atom is 0.263 e. The van der Waals surface area contributed by atoms with E-state index in [1.165, 1.54) is 17.2 Å². The summed E-state index contributed by atoms with van der Waals surface area (Å²) >= 11 is 5.98. The SMILES string of the molecule is Cc1ccc(CNc2ccc(NS(=O)(=O)c3ccccc3Cl)cc2)cc1. The van der Waals surface area contributed by atoms with E-state index >= 15 is 0 Å². The number of hydrogen-bond acceptors (Lipinski definition) is 3. The molecule has 0 atom stereocenters. The van der Waals surface area contributed by atoms with E-state index in [0.29, 0.717) is 12.2 Å². The van der Waals surface area contributed by atoms with E-state index in [1.807, 2.05) is 12.1 Å². The quantitative estimate of drug-likeness (QED) is 0.622. The van der Waals surface area contributed by atoms with Crippen LogP contribution in [0.4, 0.5) is 11.4 Å². The van der Waals surface area contributed by atoms with Crippen molar-refractivity contribution in [3.63, 3.8) is 0 Å². The van der Waals surface area contributed by atoms with Crippen LogP contribution >= 0.6 is 11.6 Å².